The van der Waals surface area contributed by atoms with Gasteiger partial charge in [0.2, 0.25) is 0 Å². The summed E-state index contributed by atoms with van der Waals surface area (Å²) in [5.41, 5.74) is 2.23. The number of nitrogens with zero attached hydrogens (tertiary/aromatic N) is 2. The van der Waals surface area contributed by atoms with Crippen molar-refractivity contribution in [1.29, 1.82) is 0 Å². The van der Waals surface area contributed by atoms with Crippen molar-refractivity contribution in [3.63, 3.8) is 0 Å². The Balaban J connectivity index is 1.93. The molecule has 0 bridgehead atoms. The van der Waals surface area contributed by atoms with Gasteiger partial charge in [-0.25, -0.2) is 4.98 Å². The van der Waals surface area contributed by atoms with Crippen LogP contribution in [0.2, 0.25) is 0 Å². The number of rotatable bonds is 2. The zero-order valence-corrected chi connectivity index (χ0v) is 12.9. The fourth-order valence-corrected chi connectivity index (χ4v) is 3.52. The first-order valence-corrected chi connectivity index (χ1v) is 7.53. The summed E-state index contributed by atoms with van der Waals surface area (Å²) in [6.45, 7) is 12.2. The van der Waals surface area contributed by atoms with E-state index in [-0.39, 0.29) is 0 Å². The number of nitrogens with one attached hydrogen (secondary N) is 1. The predicted molar refractivity (Wildman–Crippen MR) is 81.0 cm³/mol. The second-order valence-corrected chi connectivity index (χ2v) is 6.91. The maximum atomic E-state index is 10.3. The summed E-state index contributed by atoms with van der Waals surface area (Å²) >= 11 is 0. The molecule has 1 aromatic heterocycles. The SMILES string of the molecule is Cc1cc(N2C[C@H]3CNC[C@H]3C2)nc(C(C)(C)O)c1C. The minimum Gasteiger partial charge on any atom is -0.384 e. The lowest BCUT2D eigenvalue weighted by Gasteiger charge is -2.25. The third-order valence-corrected chi connectivity index (χ3v) is 4.81. The van der Waals surface area contributed by atoms with E-state index in [1.807, 2.05) is 20.8 Å². The first kappa shape index (κ1) is 13.8. The van der Waals surface area contributed by atoms with E-state index in [9.17, 15) is 5.11 Å². The van der Waals surface area contributed by atoms with Crippen LogP contribution in [0.3, 0.4) is 0 Å². The Kier molecular flexibility index (Phi) is 3.26. The fraction of sp³-hybridized carbons (Fsp3) is 0.688. The first-order valence-electron chi connectivity index (χ1n) is 7.53. The van der Waals surface area contributed by atoms with Gasteiger partial charge in [-0.3, -0.25) is 0 Å². The van der Waals surface area contributed by atoms with Gasteiger partial charge in [0.05, 0.1) is 5.69 Å². The van der Waals surface area contributed by atoms with Crippen LogP contribution in [0.15, 0.2) is 6.07 Å². The Morgan fingerprint density at radius 3 is 2.40 bits per heavy atom. The monoisotopic (exact) mass is 275 g/mol. The molecule has 2 N–H and O–H groups in total. The summed E-state index contributed by atoms with van der Waals surface area (Å²) in [4.78, 5) is 7.16. The minimum atomic E-state index is -0.887. The summed E-state index contributed by atoms with van der Waals surface area (Å²) in [5.74, 6) is 2.53. The molecule has 2 fully saturated rings. The van der Waals surface area contributed by atoms with Crippen molar-refractivity contribution in [3.05, 3.63) is 22.9 Å². The second kappa shape index (κ2) is 4.71. The molecule has 4 heteroatoms. The van der Waals surface area contributed by atoms with Crippen LogP contribution in [0.5, 0.6) is 0 Å². The largest absolute Gasteiger partial charge is 0.384 e. The second-order valence-electron chi connectivity index (χ2n) is 6.91. The molecule has 0 saturated carbocycles. The number of aryl methyl sites for hydroxylation is 1. The molecule has 0 aromatic carbocycles. The molecule has 3 rings (SSSR count). The van der Waals surface area contributed by atoms with Gasteiger partial charge in [0, 0.05) is 26.2 Å². The number of hydrogen-bond acceptors (Lipinski definition) is 4. The molecular weight excluding hydrogens is 250 g/mol. The first-order chi connectivity index (χ1) is 9.36. The van der Waals surface area contributed by atoms with E-state index in [0.717, 1.165) is 55.1 Å². The van der Waals surface area contributed by atoms with Crippen molar-refractivity contribution in [2.75, 3.05) is 31.1 Å². The van der Waals surface area contributed by atoms with Crippen molar-refractivity contribution in [2.45, 2.75) is 33.3 Å². The van der Waals surface area contributed by atoms with Crippen LogP contribution in [0, 0.1) is 25.7 Å². The van der Waals surface area contributed by atoms with Gasteiger partial charge in [-0.2, -0.15) is 0 Å². The number of aliphatic hydroxyl groups is 1. The highest BCUT2D eigenvalue weighted by Gasteiger charge is 2.37. The normalized spacial score (nSPS) is 26.1. The number of hydrogen-bond donors (Lipinski definition) is 2. The van der Waals surface area contributed by atoms with Gasteiger partial charge in [0.25, 0.3) is 0 Å². The lowest BCUT2D eigenvalue weighted by Crippen LogP contribution is -2.28. The molecule has 0 spiro atoms. The molecule has 0 amide bonds. The Morgan fingerprint density at radius 1 is 1.25 bits per heavy atom. The lowest BCUT2D eigenvalue weighted by atomic mass is 9.97. The third-order valence-electron chi connectivity index (χ3n) is 4.81. The maximum Gasteiger partial charge on any atom is 0.129 e. The standard InChI is InChI=1S/C16H25N3O/c1-10-5-14(18-15(11(10)2)16(3,4)20)19-8-12-6-17-7-13(12)9-19/h5,12-13,17,20H,6-9H2,1-4H3/t12-,13+. The number of aromatic nitrogens is 1. The third kappa shape index (κ3) is 2.31. The fourth-order valence-electron chi connectivity index (χ4n) is 3.52. The lowest BCUT2D eigenvalue weighted by molar-refractivity contribution is 0.0731. The van der Waals surface area contributed by atoms with Gasteiger partial charge in [-0.1, -0.05) is 0 Å². The summed E-state index contributed by atoms with van der Waals surface area (Å²) in [6.07, 6.45) is 0. The summed E-state index contributed by atoms with van der Waals surface area (Å²) in [7, 11) is 0. The Bertz CT molecular complexity index is 509. The molecule has 20 heavy (non-hydrogen) atoms. The number of fused-ring (bicyclic) bond motifs is 1. The van der Waals surface area contributed by atoms with Gasteiger partial charge < -0.3 is 15.3 Å². The van der Waals surface area contributed by atoms with Crippen LogP contribution >= 0.6 is 0 Å². The van der Waals surface area contributed by atoms with Crippen molar-refractivity contribution in [1.82, 2.24) is 10.3 Å². The van der Waals surface area contributed by atoms with Crippen molar-refractivity contribution in [2.24, 2.45) is 11.8 Å². The number of pyridine rings is 1. The zero-order valence-electron chi connectivity index (χ0n) is 12.9. The van der Waals surface area contributed by atoms with Crippen LogP contribution in [-0.4, -0.2) is 36.3 Å². The Labute approximate surface area is 121 Å². The van der Waals surface area contributed by atoms with Gasteiger partial charge >= 0.3 is 0 Å². The average Bonchev–Trinajstić information content (AvgIpc) is 2.91. The van der Waals surface area contributed by atoms with E-state index in [1.165, 1.54) is 5.56 Å². The molecule has 2 saturated heterocycles. The van der Waals surface area contributed by atoms with E-state index in [2.05, 4.69) is 23.2 Å². The molecule has 0 unspecified atom stereocenters. The van der Waals surface area contributed by atoms with E-state index < -0.39 is 5.60 Å². The molecule has 2 aliphatic heterocycles. The van der Waals surface area contributed by atoms with Crippen LogP contribution in [0.25, 0.3) is 0 Å². The van der Waals surface area contributed by atoms with E-state index in [4.69, 9.17) is 4.98 Å². The quantitative estimate of drug-likeness (QED) is 0.860. The molecule has 0 aliphatic carbocycles. The van der Waals surface area contributed by atoms with Crippen molar-refractivity contribution in [3.8, 4) is 0 Å². The summed E-state index contributed by atoms with van der Waals surface area (Å²) in [6, 6.07) is 2.17. The molecule has 3 heterocycles. The Morgan fingerprint density at radius 2 is 1.85 bits per heavy atom. The van der Waals surface area contributed by atoms with Gasteiger partial charge in [0.1, 0.15) is 11.4 Å². The molecular formula is C16H25N3O. The average molecular weight is 275 g/mol. The Hall–Kier alpha value is -1.13. The van der Waals surface area contributed by atoms with Crippen molar-refractivity contribution >= 4 is 5.82 Å². The summed E-state index contributed by atoms with van der Waals surface area (Å²) in [5, 5.41) is 13.8. The van der Waals surface area contributed by atoms with Crippen LogP contribution in [0.1, 0.15) is 30.7 Å². The maximum absolute atomic E-state index is 10.3. The van der Waals surface area contributed by atoms with Crippen LogP contribution in [-0.2, 0) is 5.60 Å². The predicted octanol–water partition coefficient (Wildman–Crippen LogP) is 1.58. The number of anilines is 1. The van der Waals surface area contributed by atoms with Crippen LogP contribution in [0.4, 0.5) is 5.82 Å². The van der Waals surface area contributed by atoms with E-state index in [0.29, 0.717) is 0 Å². The van der Waals surface area contributed by atoms with E-state index in [1.54, 1.807) is 0 Å². The molecule has 0 radical (unpaired) electrons. The van der Waals surface area contributed by atoms with E-state index >= 15 is 0 Å². The molecule has 2 aliphatic rings. The van der Waals surface area contributed by atoms with Crippen molar-refractivity contribution < 1.29 is 5.11 Å². The highest BCUT2D eigenvalue weighted by atomic mass is 16.3. The zero-order chi connectivity index (χ0) is 14.5. The highest BCUT2D eigenvalue weighted by molar-refractivity contribution is 5.48. The smallest absolute Gasteiger partial charge is 0.129 e. The van der Waals surface area contributed by atoms with Gasteiger partial charge in [-0.05, 0) is 56.7 Å². The molecule has 110 valence electrons. The van der Waals surface area contributed by atoms with Gasteiger partial charge in [-0.15, -0.1) is 0 Å². The molecule has 4 nitrogen and oxygen atoms in total. The topological polar surface area (TPSA) is 48.4 Å². The van der Waals surface area contributed by atoms with Crippen LogP contribution < -0.4 is 10.2 Å². The molecule has 1 aromatic rings. The van der Waals surface area contributed by atoms with Gasteiger partial charge in [0.15, 0.2) is 0 Å². The molecule has 2 atom stereocenters. The highest BCUT2D eigenvalue weighted by Crippen LogP contribution is 2.32. The minimum absolute atomic E-state index is 0.754. The summed E-state index contributed by atoms with van der Waals surface area (Å²) < 4.78 is 0.